The van der Waals surface area contributed by atoms with Crippen LogP contribution in [0.25, 0.3) is 22.2 Å². The van der Waals surface area contributed by atoms with Gasteiger partial charge in [-0.3, -0.25) is 9.69 Å². The number of carbonyl (C=O) groups excluding carboxylic acids is 1. The number of benzene rings is 2. The topological polar surface area (TPSA) is 95.2 Å². The van der Waals surface area contributed by atoms with Crippen molar-refractivity contribution in [2.24, 2.45) is 0 Å². The molecule has 2 aromatic heterocycles. The fourth-order valence-corrected chi connectivity index (χ4v) is 4.36. The number of fused-ring (bicyclic) bond motifs is 1. The Morgan fingerprint density at radius 3 is 2.83 bits per heavy atom. The molecule has 180 valence electrons. The first-order valence-corrected chi connectivity index (χ1v) is 12.1. The second-order valence-electron chi connectivity index (χ2n) is 8.42. The molecule has 2 aromatic carbocycles. The maximum Gasteiger partial charge on any atom is 0.267 e. The summed E-state index contributed by atoms with van der Waals surface area (Å²) < 4.78 is 5.37. The highest BCUT2D eigenvalue weighted by Crippen LogP contribution is 2.27. The van der Waals surface area contributed by atoms with E-state index in [4.69, 9.17) is 16.3 Å². The molecule has 1 aliphatic heterocycles. The molecule has 5 rings (SSSR count). The monoisotopic (exact) mass is 490 g/mol. The summed E-state index contributed by atoms with van der Waals surface area (Å²) in [6.07, 6.45) is 2.61. The second-order valence-corrected chi connectivity index (χ2v) is 8.83. The number of morpholine rings is 1. The van der Waals surface area contributed by atoms with Gasteiger partial charge in [-0.15, -0.1) is 0 Å². The van der Waals surface area contributed by atoms with Gasteiger partial charge in [-0.05, 0) is 49.4 Å². The number of aromatic nitrogens is 3. The highest BCUT2D eigenvalue weighted by molar-refractivity contribution is 6.33. The Hall–Kier alpha value is -3.46. The number of H-pyrrole nitrogens is 1. The van der Waals surface area contributed by atoms with Crippen LogP contribution in [-0.2, 0) is 4.74 Å². The highest BCUT2D eigenvalue weighted by Gasteiger charge is 2.12. The van der Waals surface area contributed by atoms with E-state index >= 15 is 0 Å². The summed E-state index contributed by atoms with van der Waals surface area (Å²) in [5, 5.41) is 7.81. The second kappa shape index (κ2) is 10.9. The first-order valence-electron chi connectivity index (χ1n) is 11.7. The number of carbonyl (C=O) groups is 1. The van der Waals surface area contributed by atoms with Crippen molar-refractivity contribution in [3.63, 3.8) is 0 Å². The van der Waals surface area contributed by atoms with E-state index in [9.17, 15) is 4.79 Å². The number of amides is 1. The minimum Gasteiger partial charge on any atom is -0.379 e. The van der Waals surface area contributed by atoms with Gasteiger partial charge in [-0.2, -0.15) is 0 Å². The largest absolute Gasteiger partial charge is 0.379 e. The lowest BCUT2D eigenvalue weighted by Gasteiger charge is -2.26. The Morgan fingerprint density at radius 1 is 1.11 bits per heavy atom. The molecule has 0 bridgehead atoms. The Balaban J connectivity index is 1.21. The SMILES string of the molecule is O=C(NCCCN1CCOCC1)c1cc2cc(Nc3nccc(-c4ccccc4Cl)n3)ccc2[nH]1. The van der Waals surface area contributed by atoms with Crippen molar-refractivity contribution in [3.05, 3.63) is 71.5 Å². The van der Waals surface area contributed by atoms with Crippen LogP contribution in [0.3, 0.4) is 0 Å². The van der Waals surface area contributed by atoms with E-state index in [0.29, 0.717) is 23.2 Å². The third-order valence-corrected chi connectivity index (χ3v) is 6.30. The quantitative estimate of drug-likeness (QED) is 0.315. The number of rotatable bonds is 8. The number of halogens is 1. The fraction of sp³-hybridized carbons (Fsp3) is 0.269. The molecule has 0 spiro atoms. The van der Waals surface area contributed by atoms with E-state index in [1.165, 1.54) is 0 Å². The van der Waals surface area contributed by atoms with Crippen LogP contribution in [0, 0.1) is 0 Å². The smallest absolute Gasteiger partial charge is 0.267 e. The highest BCUT2D eigenvalue weighted by atomic mass is 35.5. The van der Waals surface area contributed by atoms with Crippen molar-refractivity contribution < 1.29 is 9.53 Å². The van der Waals surface area contributed by atoms with Crippen LogP contribution in [-0.4, -0.2) is 65.2 Å². The third-order valence-electron chi connectivity index (χ3n) is 5.97. The van der Waals surface area contributed by atoms with Crippen LogP contribution >= 0.6 is 11.6 Å². The van der Waals surface area contributed by atoms with Gasteiger partial charge >= 0.3 is 0 Å². The molecule has 1 aliphatic rings. The van der Waals surface area contributed by atoms with Crippen molar-refractivity contribution in [1.29, 1.82) is 0 Å². The van der Waals surface area contributed by atoms with E-state index < -0.39 is 0 Å². The molecule has 1 saturated heterocycles. The zero-order valence-electron chi connectivity index (χ0n) is 19.3. The summed E-state index contributed by atoms with van der Waals surface area (Å²) in [7, 11) is 0. The van der Waals surface area contributed by atoms with Gasteiger partial charge in [0.2, 0.25) is 5.95 Å². The van der Waals surface area contributed by atoms with Gasteiger partial charge in [0.15, 0.2) is 0 Å². The standard InChI is InChI=1S/C26H27ClN6O2/c27-21-5-2-1-4-20(21)23-8-10-29-26(32-23)30-19-6-7-22-18(16-19)17-24(31-22)25(34)28-9-3-11-33-12-14-35-15-13-33/h1-2,4-8,10,16-17,31H,3,9,11-15H2,(H,28,34)(H,29,30,32). The van der Waals surface area contributed by atoms with Gasteiger partial charge in [-0.25, -0.2) is 9.97 Å². The number of aromatic amines is 1. The number of hydrogen-bond donors (Lipinski definition) is 3. The van der Waals surface area contributed by atoms with E-state index in [1.54, 1.807) is 6.20 Å². The lowest BCUT2D eigenvalue weighted by atomic mass is 10.1. The number of nitrogens with one attached hydrogen (secondary N) is 3. The zero-order valence-corrected chi connectivity index (χ0v) is 20.0. The first-order chi connectivity index (χ1) is 17.2. The van der Waals surface area contributed by atoms with Gasteiger partial charge in [0, 0.05) is 53.0 Å². The van der Waals surface area contributed by atoms with Crippen molar-refractivity contribution >= 4 is 40.0 Å². The molecule has 9 heteroatoms. The average Bonchev–Trinajstić information content (AvgIpc) is 3.31. The maximum atomic E-state index is 12.6. The molecule has 1 fully saturated rings. The Bertz CT molecular complexity index is 1320. The summed E-state index contributed by atoms with van der Waals surface area (Å²) in [4.78, 5) is 27.1. The van der Waals surface area contributed by atoms with Gasteiger partial charge in [0.05, 0.1) is 18.9 Å². The molecule has 4 aromatic rings. The minimum atomic E-state index is -0.103. The van der Waals surface area contributed by atoms with Gasteiger partial charge in [-0.1, -0.05) is 29.8 Å². The molecule has 3 heterocycles. The lowest BCUT2D eigenvalue weighted by molar-refractivity contribution is 0.0374. The van der Waals surface area contributed by atoms with Crippen LogP contribution in [0.15, 0.2) is 60.8 Å². The minimum absolute atomic E-state index is 0.103. The molecule has 0 atom stereocenters. The number of anilines is 2. The molecule has 8 nitrogen and oxygen atoms in total. The van der Waals surface area contributed by atoms with Crippen molar-refractivity contribution in [3.8, 4) is 11.3 Å². The average molecular weight is 491 g/mol. The van der Waals surface area contributed by atoms with Crippen molar-refractivity contribution in [2.75, 3.05) is 44.7 Å². The van der Waals surface area contributed by atoms with Gasteiger partial charge in [0.25, 0.3) is 5.91 Å². The van der Waals surface area contributed by atoms with Crippen LogP contribution in [0.2, 0.25) is 5.02 Å². The molecular weight excluding hydrogens is 464 g/mol. The van der Waals surface area contributed by atoms with Crippen LogP contribution in [0.4, 0.5) is 11.6 Å². The Labute approximate surface area is 208 Å². The number of hydrogen-bond acceptors (Lipinski definition) is 6. The Kier molecular flexibility index (Phi) is 7.23. The fourth-order valence-electron chi connectivity index (χ4n) is 4.12. The third kappa shape index (κ3) is 5.79. The van der Waals surface area contributed by atoms with E-state index in [0.717, 1.165) is 67.1 Å². The van der Waals surface area contributed by atoms with Gasteiger partial charge < -0.3 is 20.4 Å². The zero-order chi connectivity index (χ0) is 24.0. The lowest BCUT2D eigenvalue weighted by Crippen LogP contribution is -2.38. The van der Waals surface area contributed by atoms with Crippen LogP contribution < -0.4 is 10.6 Å². The number of ether oxygens (including phenoxy) is 1. The van der Waals surface area contributed by atoms with E-state index in [2.05, 4.69) is 30.5 Å². The molecule has 35 heavy (non-hydrogen) atoms. The van der Waals surface area contributed by atoms with E-state index in [1.807, 2.05) is 54.6 Å². The normalized spacial score (nSPS) is 14.2. The Morgan fingerprint density at radius 2 is 1.97 bits per heavy atom. The van der Waals surface area contributed by atoms with Gasteiger partial charge in [0.1, 0.15) is 5.69 Å². The summed E-state index contributed by atoms with van der Waals surface area (Å²) in [6.45, 7) is 5.10. The summed E-state index contributed by atoms with van der Waals surface area (Å²) in [6, 6.07) is 17.1. The maximum absolute atomic E-state index is 12.6. The predicted molar refractivity (Wildman–Crippen MR) is 138 cm³/mol. The molecule has 3 N–H and O–H groups in total. The summed E-state index contributed by atoms with van der Waals surface area (Å²) >= 11 is 6.32. The number of nitrogens with zero attached hydrogens (tertiary/aromatic N) is 3. The summed E-state index contributed by atoms with van der Waals surface area (Å²) in [5.41, 5.74) is 3.84. The van der Waals surface area contributed by atoms with Crippen LogP contribution in [0.5, 0.6) is 0 Å². The van der Waals surface area contributed by atoms with Crippen molar-refractivity contribution in [2.45, 2.75) is 6.42 Å². The molecule has 0 unspecified atom stereocenters. The molecule has 1 amide bonds. The molecular formula is C26H27ClN6O2. The predicted octanol–water partition coefficient (Wildman–Crippen LogP) is 4.47. The first kappa shape index (κ1) is 23.3. The van der Waals surface area contributed by atoms with Crippen molar-refractivity contribution in [1.82, 2.24) is 25.2 Å². The molecule has 0 saturated carbocycles. The van der Waals surface area contributed by atoms with Crippen LogP contribution in [0.1, 0.15) is 16.9 Å². The molecule has 0 aliphatic carbocycles. The van der Waals surface area contributed by atoms with E-state index in [-0.39, 0.29) is 5.91 Å². The summed E-state index contributed by atoms with van der Waals surface area (Å²) in [5.74, 6) is 0.365. The molecule has 0 radical (unpaired) electrons.